The summed E-state index contributed by atoms with van der Waals surface area (Å²) in [5.74, 6) is -0.801. The molecule has 1 heterocycles. The lowest BCUT2D eigenvalue weighted by atomic mass is 10.1. The molecule has 0 saturated carbocycles. The van der Waals surface area contributed by atoms with Gasteiger partial charge in [0.2, 0.25) is 11.8 Å². The molecular weight excluding hydrogens is 314 g/mol. The number of aliphatic hydroxyl groups excluding tert-OH is 1. The molecule has 0 bridgehead atoms. The van der Waals surface area contributed by atoms with E-state index >= 15 is 0 Å². The molecule has 1 saturated heterocycles. The fourth-order valence-corrected chi connectivity index (χ4v) is 2.40. The molecule has 2 rings (SSSR count). The lowest BCUT2D eigenvalue weighted by Gasteiger charge is -2.31. The summed E-state index contributed by atoms with van der Waals surface area (Å²) in [5.41, 5.74) is 1.19. The monoisotopic (exact) mass is 335 g/mol. The van der Waals surface area contributed by atoms with Gasteiger partial charge in [0.25, 0.3) is 5.91 Å². The molecule has 1 aliphatic rings. The zero-order valence-corrected chi connectivity index (χ0v) is 13.4. The number of anilines is 2. The third kappa shape index (κ3) is 5.04. The molecule has 8 heteroatoms. The minimum absolute atomic E-state index is 0.0891. The van der Waals surface area contributed by atoms with Crippen molar-refractivity contribution in [2.45, 2.75) is 19.4 Å². The second-order valence-corrected chi connectivity index (χ2v) is 5.42. The summed E-state index contributed by atoms with van der Waals surface area (Å²) in [7, 11) is 0. The number of nitrogens with zero attached hydrogens (tertiary/aromatic N) is 1. The van der Waals surface area contributed by atoms with Gasteiger partial charge in [-0.25, -0.2) is 0 Å². The Kier molecular flexibility index (Phi) is 6.28. The highest BCUT2D eigenvalue weighted by Crippen LogP contribution is 2.15. The predicted octanol–water partition coefficient (Wildman–Crippen LogP) is 0.193. The standard InChI is InChI=1S/C16H21N3O5/c1-11(21)17-12-2-4-13(5-3-12)18-15(22)10-14-16(23)19(6-8-20)7-9-24-14/h2-5,14,20H,6-10H2,1H3,(H,17,21)(H,18,22). The van der Waals surface area contributed by atoms with Crippen LogP contribution in [0.1, 0.15) is 13.3 Å². The number of hydrogen-bond donors (Lipinski definition) is 3. The van der Waals surface area contributed by atoms with Gasteiger partial charge in [-0.3, -0.25) is 14.4 Å². The third-order valence-electron chi connectivity index (χ3n) is 3.50. The second-order valence-electron chi connectivity index (χ2n) is 5.42. The van der Waals surface area contributed by atoms with Crippen molar-refractivity contribution in [2.24, 2.45) is 0 Å². The van der Waals surface area contributed by atoms with Crippen LogP contribution in [0, 0.1) is 0 Å². The van der Waals surface area contributed by atoms with Crippen molar-refractivity contribution < 1.29 is 24.2 Å². The van der Waals surface area contributed by atoms with E-state index < -0.39 is 6.10 Å². The van der Waals surface area contributed by atoms with Gasteiger partial charge in [0.1, 0.15) is 6.10 Å². The van der Waals surface area contributed by atoms with Crippen LogP contribution in [0.2, 0.25) is 0 Å². The van der Waals surface area contributed by atoms with Crippen molar-refractivity contribution >= 4 is 29.1 Å². The molecule has 3 amide bonds. The van der Waals surface area contributed by atoms with Gasteiger partial charge in [-0.05, 0) is 24.3 Å². The van der Waals surface area contributed by atoms with Crippen LogP contribution in [-0.2, 0) is 19.1 Å². The number of amides is 3. The lowest BCUT2D eigenvalue weighted by molar-refractivity contribution is -0.155. The van der Waals surface area contributed by atoms with E-state index in [0.29, 0.717) is 24.5 Å². The Morgan fingerprint density at radius 3 is 2.46 bits per heavy atom. The first-order chi connectivity index (χ1) is 11.5. The van der Waals surface area contributed by atoms with Crippen LogP contribution in [-0.4, -0.2) is 60.1 Å². The summed E-state index contributed by atoms with van der Waals surface area (Å²) in [6.07, 6.45) is -0.919. The Labute approximate surface area is 139 Å². The van der Waals surface area contributed by atoms with Gasteiger partial charge in [0.05, 0.1) is 19.6 Å². The second kappa shape index (κ2) is 8.42. The average molecular weight is 335 g/mol. The molecule has 1 aliphatic heterocycles. The predicted molar refractivity (Wildman–Crippen MR) is 87.4 cm³/mol. The molecule has 1 atom stereocenters. The molecule has 3 N–H and O–H groups in total. The summed E-state index contributed by atoms with van der Waals surface area (Å²) in [6.45, 7) is 2.30. The largest absolute Gasteiger partial charge is 0.395 e. The van der Waals surface area contributed by atoms with Gasteiger partial charge >= 0.3 is 0 Å². The van der Waals surface area contributed by atoms with Crippen LogP contribution in [0.15, 0.2) is 24.3 Å². The molecule has 0 aliphatic carbocycles. The van der Waals surface area contributed by atoms with E-state index in [4.69, 9.17) is 9.84 Å². The molecule has 0 radical (unpaired) electrons. The van der Waals surface area contributed by atoms with Gasteiger partial charge in [0.15, 0.2) is 0 Å². The SMILES string of the molecule is CC(=O)Nc1ccc(NC(=O)CC2OCCN(CCO)C2=O)cc1. The minimum atomic E-state index is -0.830. The number of hydrogen-bond acceptors (Lipinski definition) is 5. The van der Waals surface area contributed by atoms with Crippen LogP contribution >= 0.6 is 0 Å². The van der Waals surface area contributed by atoms with Gasteiger partial charge in [-0.2, -0.15) is 0 Å². The molecule has 0 aromatic heterocycles. The number of carbonyl (C=O) groups excluding carboxylic acids is 3. The van der Waals surface area contributed by atoms with E-state index in [-0.39, 0.29) is 37.3 Å². The van der Waals surface area contributed by atoms with Crippen LogP contribution in [0.4, 0.5) is 11.4 Å². The normalized spacial score (nSPS) is 17.5. The number of carbonyl (C=O) groups is 3. The molecule has 0 spiro atoms. The van der Waals surface area contributed by atoms with Crippen molar-refractivity contribution in [3.63, 3.8) is 0 Å². The lowest BCUT2D eigenvalue weighted by Crippen LogP contribution is -2.49. The summed E-state index contributed by atoms with van der Waals surface area (Å²) in [4.78, 5) is 36.6. The highest BCUT2D eigenvalue weighted by atomic mass is 16.5. The number of morpholine rings is 1. The first-order valence-corrected chi connectivity index (χ1v) is 7.68. The van der Waals surface area contributed by atoms with Crippen molar-refractivity contribution in [1.29, 1.82) is 0 Å². The maximum atomic E-state index is 12.1. The van der Waals surface area contributed by atoms with Gasteiger partial charge in [-0.1, -0.05) is 0 Å². The van der Waals surface area contributed by atoms with Crippen LogP contribution in [0.25, 0.3) is 0 Å². The summed E-state index contributed by atoms with van der Waals surface area (Å²) < 4.78 is 5.36. The molecule has 1 unspecified atom stereocenters. The van der Waals surface area contributed by atoms with E-state index in [9.17, 15) is 14.4 Å². The summed E-state index contributed by atoms with van der Waals surface area (Å²) in [5, 5.41) is 14.3. The van der Waals surface area contributed by atoms with Crippen molar-refractivity contribution in [1.82, 2.24) is 4.90 Å². The van der Waals surface area contributed by atoms with Crippen molar-refractivity contribution in [3.8, 4) is 0 Å². The first-order valence-electron chi connectivity index (χ1n) is 7.68. The van der Waals surface area contributed by atoms with E-state index in [0.717, 1.165) is 0 Å². The zero-order chi connectivity index (χ0) is 17.5. The first kappa shape index (κ1) is 17.9. The topological polar surface area (TPSA) is 108 Å². The molecular formula is C16H21N3O5. The molecule has 1 aromatic carbocycles. The Morgan fingerprint density at radius 2 is 1.88 bits per heavy atom. The summed E-state index contributed by atoms with van der Waals surface area (Å²) >= 11 is 0. The molecule has 1 aromatic rings. The zero-order valence-electron chi connectivity index (χ0n) is 13.4. The van der Waals surface area contributed by atoms with Crippen molar-refractivity contribution in [3.05, 3.63) is 24.3 Å². The fraction of sp³-hybridized carbons (Fsp3) is 0.438. The molecule has 24 heavy (non-hydrogen) atoms. The highest BCUT2D eigenvalue weighted by molar-refractivity contribution is 5.95. The minimum Gasteiger partial charge on any atom is -0.395 e. The van der Waals surface area contributed by atoms with Gasteiger partial charge in [-0.15, -0.1) is 0 Å². The van der Waals surface area contributed by atoms with E-state index in [1.165, 1.54) is 11.8 Å². The maximum absolute atomic E-state index is 12.1. The van der Waals surface area contributed by atoms with Gasteiger partial charge < -0.3 is 25.4 Å². The number of β-amino-alcohol motifs (C(OH)–C–C–N with tert-alkyl or cyclic N) is 1. The Morgan fingerprint density at radius 1 is 1.25 bits per heavy atom. The average Bonchev–Trinajstić information content (AvgIpc) is 2.53. The highest BCUT2D eigenvalue weighted by Gasteiger charge is 2.30. The fourth-order valence-electron chi connectivity index (χ4n) is 2.40. The number of ether oxygens (including phenoxy) is 1. The van der Waals surface area contributed by atoms with Crippen LogP contribution < -0.4 is 10.6 Å². The Hall–Kier alpha value is -2.45. The number of aliphatic hydroxyl groups is 1. The number of rotatable bonds is 6. The number of benzene rings is 1. The maximum Gasteiger partial charge on any atom is 0.252 e. The number of nitrogens with one attached hydrogen (secondary N) is 2. The van der Waals surface area contributed by atoms with E-state index in [1.807, 2.05) is 0 Å². The smallest absolute Gasteiger partial charge is 0.252 e. The Balaban J connectivity index is 1.88. The molecule has 1 fully saturated rings. The summed E-state index contributed by atoms with van der Waals surface area (Å²) in [6, 6.07) is 6.65. The molecule has 8 nitrogen and oxygen atoms in total. The van der Waals surface area contributed by atoms with E-state index in [2.05, 4.69) is 10.6 Å². The van der Waals surface area contributed by atoms with Crippen LogP contribution in [0.3, 0.4) is 0 Å². The van der Waals surface area contributed by atoms with Crippen LogP contribution in [0.5, 0.6) is 0 Å². The quantitative estimate of drug-likeness (QED) is 0.688. The Bertz CT molecular complexity index is 600. The van der Waals surface area contributed by atoms with Crippen molar-refractivity contribution in [2.75, 3.05) is 36.9 Å². The molecule has 130 valence electrons. The van der Waals surface area contributed by atoms with E-state index in [1.54, 1.807) is 24.3 Å². The third-order valence-corrected chi connectivity index (χ3v) is 3.50. The van der Waals surface area contributed by atoms with Gasteiger partial charge in [0, 0.05) is 31.4 Å².